The van der Waals surface area contributed by atoms with Crippen LogP contribution >= 0.6 is 11.6 Å². The Morgan fingerprint density at radius 3 is 2.29 bits per heavy atom. The fourth-order valence-corrected chi connectivity index (χ4v) is 2.84. The van der Waals surface area contributed by atoms with E-state index in [1.54, 1.807) is 0 Å². The van der Waals surface area contributed by atoms with Gasteiger partial charge in [-0.05, 0) is 29.0 Å². The van der Waals surface area contributed by atoms with E-state index in [0.717, 1.165) is 12.1 Å². The summed E-state index contributed by atoms with van der Waals surface area (Å²) in [5.74, 6) is 0.470. The minimum absolute atomic E-state index is 0.0634. The third kappa shape index (κ3) is 3.78. The molecule has 1 fully saturated rings. The van der Waals surface area contributed by atoms with Gasteiger partial charge in [-0.15, -0.1) is 0 Å². The van der Waals surface area contributed by atoms with Gasteiger partial charge in [0.2, 0.25) is 5.91 Å². The molecule has 0 saturated carbocycles. The van der Waals surface area contributed by atoms with E-state index in [1.807, 2.05) is 29.2 Å². The summed E-state index contributed by atoms with van der Waals surface area (Å²) < 4.78 is 0. The first-order valence-electron chi connectivity index (χ1n) is 7.51. The van der Waals surface area contributed by atoms with Crippen molar-refractivity contribution in [1.82, 2.24) is 10.2 Å². The highest BCUT2D eigenvalue weighted by atomic mass is 35.5. The molecule has 0 bridgehead atoms. The molecule has 1 N–H and O–H groups in total. The van der Waals surface area contributed by atoms with Crippen LogP contribution in [0.2, 0.25) is 5.02 Å². The molecular formula is C17H25ClN2O. The van der Waals surface area contributed by atoms with E-state index in [4.69, 9.17) is 11.6 Å². The Labute approximate surface area is 132 Å². The number of hydrogen-bond donors (Lipinski definition) is 1. The molecule has 1 saturated heterocycles. The molecule has 21 heavy (non-hydrogen) atoms. The van der Waals surface area contributed by atoms with Crippen molar-refractivity contribution >= 4 is 17.5 Å². The van der Waals surface area contributed by atoms with E-state index in [9.17, 15) is 4.79 Å². The van der Waals surface area contributed by atoms with E-state index in [1.165, 1.54) is 0 Å². The van der Waals surface area contributed by atoms with Crippen molar-refractivity contribution in [2.45, 2.75) is 46.8 Å². The Hall–Kier alpha value is -1.06. The number of carbonyl (C=O) groups excluding carboxylic acids is 1. The van der Waals surface area contributed by atoms with Crippen LogP contribution in [0, 0.1) is 11.3 Å². The molecule has 1 amide bonds. The average Bonchev–Trinajstić information content (AvgIpc) is 2.67. The number of amides is 1. The number of nitrogens with one attached hydrogen (secondary N) is 1. The molecule has 3 nitrogen and oxygen atoms in total. The van der Waals surface area contributed by atoms with Crippen molar-refractivity contribution in [1.29, 1.82) is 0 Å². The molecule has 1 heterocycles. The molecule has 4 heteroatoms. The molecule has 2 rings (SSSR count). The first-order valence-corrected chi connectivity index (χ1v) is 7.89. The van der Waals surface area contributed by atoms with Crippen molar-refractivity contribution < 1.29 is 4.79 Å². The van der Waals surface area contributed by atoms with Crippen LogP contribution in [0.1, 0.15) is 46.3 Å². The van der Waals surface area contributed by atoms with Crippen molar-refractivity contribution in [2.24, 2.45) is 11.3 Å². The predicted octanol–water partition coefficient (Wildman–Crippen LogP) is 3.84. The first kappa shape index (κ1) is 16.3. The maximum absolute atomic E-state index is 12.7. The summed E-state index contributed by atoms with van der Waals surface area (Å²) in [4.78, 5) is 14.7. The Kier molecular flexibility index (Phi) is 4.64. The molecule has 0 aliphatic carbocycles. The monoisotopic (exact) mass is 308 g/mol. The zero-order chi connectivity index (χ0) is 15.8. The van der Waals surface area contributed by atoms with Gasteiger partial charge in [-0.3, -0.25) is 10.1 Å². The van der Waals surface area contributed by atoms with Crippen molar-refractivity contribution in [2.75, 3.05) is 6.54 Å². The Morgan fingerprint density at radius 1 is 1.24 bits per heavy atom. The third-order valence-electron chi connectivity index (χ3n) is 3.70. The molecule has 0 aromatic heterocycles. The van der Waals surface area contributed by atoms with Gasteiger partial charge >= 0.3 is 0 Å². The van der Waals surface area contributed by atoms with Gasteiger partial charge in [0.25, 0.3) is 0 Å². The van der Waals surface area contributed by atoms with Crippen LogP contribution in [0.4, 0.5) is 0 Å². The summed E-state index contributed by atoms with van der Waals surface area (Å²) in [6, 6.07) is 7.62. The van der Waals surface area contributed by atoms with Crippen LogP contribution < -0.4 is 5.32 Å². The van der Waals surface area contributed by atoms with Crippen LogP contribution in [0.5, 0.6) is 0 Å². The number of nitrogens with zero attached hydrogens (tertiary/aromatic N) is 1. The summed E-state index contributed by atoms with van der Waals surface area (Å²) in [6.45, 7) is 11.4. The maximum atomic E-state index is 12.7. The zero-order valence-corrected chi connectivity index (χ0v) is 14.2. The number of rotatable bonds is 3. The topological polar surface area (TPSA) is 32.3 Å². The SMILES string of the molecule is CC(C)C1NC(c2ccc(Cl)cc2)N(CC(C)(C)C)C1=O. The van der Waals surface area contributed by atoms with Crippen molar-refractivity contribution in [3.8, 4) is 0 Å². The van der Waals surface area contributed by atoms with E-state index >= 15 is 0 Å². The quantitative estimate of drug-likeness (QED) is 0.920. The Bertz CT molecular complexity index is 505. The molecule has 0 spiro atoms. The second-order valence-electron chi connectivity index (χ2n) is 7.37. The first-order chi connectivity index (χ1) is 9.69. The largest absolute Gasteiger partial charge is 0.321 e. The molecule has 2 atom stereocenters. The molecule has 1 aromatic rings. The smallest absolute Gasteiger partial charge is 0.241 e. The van der Waals surface area contributed by atoms with Crippen LogP contribution in [0.15, 0.2) is 24.3 Å². The molecule has 1 aliphatic heterocycles. The minimum atomic E-state index is -0.118. The van der Waals surface area contributed by atoms with Crippen LogP contribution in [-0.2, 0) is 4.79 Å². The lowest BCUT2D eigenvalue weighted by Gasteiger charge is -2.31. The Morgan fingerprint density at radius 2 is 1.81 bits per heavy atom. The van der Waals surface area contributed by atoms with Crippen LogP contribution in [0.3, 0.4) is 0 Å². The van der Waals surface area contributed by atoms with Gasteiger partial charge in [-0.1, -0.05) is 58.4 Å². The molecule has 116 valence electrons. The van der Waals surface area contributed by atoms with Gasteiger partial charge < -0.3 is 4.90 Å². The summed E-state index contributed by atoms with van der Waals surface area (Å²) in [7, 11) is 0. The lowest BCUT2D eigenvalue weighted by molar-refractivity contribution is -0.132. The van der Waals surface area contributed by atoms with E-state index < -0.39 is 0 Å². The molecule has 1 aliphatic rings. The average molecular weight is 309 g/mol. The number of halogens is 1. The summed E-state index contributed by atoms with van der Waals surface area (Å²) >= 11 is 5.97. The minimum Gasteiger partial charge on any atom is -0.321 e. The fourth-order valence-electron chi connectivity index (χ4n) is 2.72. The lowest BCUT2D eigenvalue weighted by atomic mass is 9.95. The summed E-state index contributed by atoms with van der Waals surface area (Å²) in [5, 5.41) is 4.20. The number of benzene rings is 1. The van der Waals surface area contributed by atoms with E-state index in [0.29, 0.717) is 5.02 Å². The van der Waals surface area contributed by atoms with Crippen LogP contribution in [0.25, 0.3) is 0 Å². The normalized spacial score (nSPS) is 23.2. The zero-order valence-electron chi connectivity index (χ0n) is 13.5. The maximum Gasteiger partial charge on any atom is 0.241 e. The molecule has 0 radical (unpaired) electrons. The second kappa shape index (κ2) is 5.98. The van der Waals surface area contributed by atoms with Gasteiger partial charge in [0.05, 0.1) is 6.04 Å². The van der Waals surface area contributed by atoms with Gasteiger partial charge in [-0.25, -0.2) is 0 Å². The van der Waals surface area contributed by atoms with Gasteiger partial charge in [0, 0.05) is 11.6 Å². The molecule has 1 aromatic carbocycles. The highest BCUT2D eigenvalue weighted by Gasteiger charge is 2.42. The fraction of sp³-hybridized carbons (Fsp3) is 0.588. The Balaban J connectivity index is 2.31. The highest BCUT2D eigenvalue weighted by molar-refractivity contribution is 6.30. The van der Waals surface area contributed by atoms with Gasteiger partial charge in [0.1, 0.15) is 6.17 Å². The lowest BCUT2D eigenvalue weighted by Crippen LogP contribution is -2.38. The van der Waals surface area contributed by atoms with Crippen molar-refractivity contribution in [3.05, 3.63) is 34.9 Å². The van der Waals surface area contributed by atoms with Gasteiger partial charge in [0.15, 0.2) is 0 Å². The summed E-state index contributed by atoms with van der Waals surface area (Å²) in [5.41, 5.74) is 1.15. The van der Waals surface area contributed by atoms with Crippen LogP contribution in [-0.4, -0.2) is 23.4 Å². The highest BCUT2D eigenvalue weighted by Crippen LogP contribution is 2.31. The second-order valence-corrected chi connectivity index (χ2v) is 7.81. The standard InChI is InChI=1S/C17H25ClN2O/c1-11(2)14-16(21)20(10-17(3,4)5)15(19-14)12-6-8-13(18)9-7-12/h6-9,11,14-15,19H,10H2,1-5H3. The summed E-state index contributed by atoms with van der Waals surface area (Å²) in [6.07, 6.45) is -0.0682. The molecule has 2 unspecified atom stereocenters. The predicted molar refractivity (Wildman–Crippen MR) is 87.1 cm³/mol. The van der Waals surface area contributed by atoms with E-state index in [2.05, 4.69) is 39.9 Å². The number of hydrogen-bond acceptors (Lipinski definition) is 2. The third-order valence-corrected chi connectivity index (χ3v) is 3.95. The van der Waals surface area contributed by atoms with Crippen molar-refractivity contribution in [3.63, 3.8) is 0 Å². The van der Waals surface area contributed by atoms with Gasteiger partial charge in [-0.2, -0.15) is 0 Å². The van der Waals surface area contributed by atoms with E-state index in [-0.39, 0.29) is 29.4 Å². The number of carbonyl (C=O) groups is 1. The molecular weight excluding hydrogens is 284 g/mol.